The van der Waals surface area contributed by atoms with Crippen LogP contribution in [0.2, 0.25) is 5.02 Å². The van der Waals surface area contributed by atoms with Gasteiger partial charge in [0.1, 0.15) is 5.75 Å². The topological polar surface area (TPSA) is 32.8 Å². The Kier molecular flexibility index (Phi) is 8.69. The first-order chi connectivity index (χ1) is 16.6. The van der Waals surface area contributed by atoms with Gasteiger partial charge >= 0.3 is 0 Å². The van der Waals surface area contributed by atoms with Gasteiger partial charge in [0, 0.05) is 59.5 Å². The number of nitrogens with zero attached hydrogens (tertiary/aromatic N) is 2. The highest BCUT2D eigenvalue weighted by Crippen LogP contribution is 2.30. The summed E-state index contributed by atoms with van der Waals surface area (Å²) in [6.45, 7) is 4.12. The van der Waals surface area contributed by atoms with Crippen molar-refractivity contribution in [1.82, 2.24) is 9.80 Å². The fraction of sp³-hybridized carbons (Fsp3) is 0.250. The number of hydrogen-bond donors (Lipinski definition) is 0. The molecule has 3 aromatic carbocycles. The molecule has 1 aliphatic heterocycles. The minimum absolute atomic E-state index is 0.0832. The Bertz CT molecular complexity index is 1110. The van der Waals surface area contributed by atoms with Gasteiger partial charge in [0.2, 0.25) is 0 Å². The Morgan fingerprint density at radius 1 is 1.00 bits per heavy atom. The monoisotopic (exact) mass is 492 g/mol. The van der Waals surface area contributed by atoms with Crippen molar-refractivity contribution in [2.45, 2.75) is 10.6 Å². The van der Waals surface area contributed by atoms with Crippen LogP contribution in [0.15, 0.2) is 83.8 Å². The highest BCUT2D eigenvalue weighted by molar-refractivity contribution is 7.98. The van der Waals surface area contributed by atoms with Crippen molar-refractivity contribution >= 4 is 35.3 Å². The van der Waals surface area contributed by atoms with Crippen molar-refractivity contribution in [2.24, 2.45) is 0 Å². The summed E-state index contributed by atoms with van der Waals surface area (Å²) >= 11 is 7.68. The van der Waals surface area contributed by atoms with Crippen LogP contribution in [0.1, 0.15) is 21.5 Å². The number of halogens is 1. The molecule has 4 rings (SSSR count). The lowest BCUT2D eigenvalue weighted by atomic mass is 10.1. The summed E-state index contributed by atoms with van der Waals surface area (Å²) in [5, 5.41) is 0.724. The van der Waals surface area contributed by atoms with Gasteiger partial charge in [-0.3, -0.25) is 9.69 Å². The van der Waals surface area contributed by atoms with Gasteiger partial charge in [0.05, 0.1) is 7.11 Å². The predicted molar refractivity (Wildman–Crippen MR) is 142 cm³/mol. The molecule has 0 unspecified atom stereocenters. The van der Waals surface area contributed by atoms with Gasteiger partial charge in [0.15, 0.2) is 0 Å². The fourth-order valence-electron chi connectivity index (χ4n) is 3.93. The van der Waals surface area contributed by atoms with Crippen LogP contribution in [0.25, 0.3) is 6.08 Å². The summed E-state index contributed by atoms with van der Waals surface area (Å²) in [4.78, 5) is 18.7. The largest absolute Gasteiger partial charge is 0.496 e. The maximum Gasteiger partial charge on any atom is 0.253 e. The number of benzene rings is 3. The van der Waals surface area contributed by atoms with Gasteiger partial charge in [-0.2, -0.15) is 0 Å². The second kappa shape index (κ2) is 12.1. The molecule has 1 heterocycles. The highest BCUT2D eigenvalue weighted by Gasteiger charge is 2.22. The lowest BCUT2D eigenvalue weighted by Gasteiger charge is -2.34. The molecule has 0 atom stereocenters. The predicted octanol–water partition coefficient (Wildman–Crippen LogP) is 6.11. The van der Waals surface area contributed by atoms with Crippen LogP contribution in [-0.2, 0) is 5.75 Å². The molecule has 0 bridgehead atoms. The smallest absolute Gasteiger partial charge is 0.253 e. The number of methoxy groups -OCH3 is 1. The lowest BCUT2D eigenvalue weighted by molar-refractivity contribution is 0.0650. The van der Waals surface area contributed by atoms with Crippen LogP contribution in [0.4, 0.5) is 0 Å². The maximum absolute atomic E-state index is 13.2. The Hall–Kier alpha value is -2.73. The molecule has 176 valence electrons. The van der Waals surface area contributed by atoms with Crippen molar-refractivity contribution in [3.8, 4) is 5.75 Å². The summed E-state index contributed by atoms with van der Waals surface area (Å²) in [6.07, 6.45) is 4.35. The first-order valence-electron chi connectivity index (χ1n) is 11.4. The molecule has 0 N–H and O–H groups in total. The molecule has 0 saturated carbocycles. The number of carbonyl (C=O) groups excluding carboxylic acids is 1. The summed E-state index contributed by atoms with van der Waals surface area (Å²) < 4.78 is 5.54. The highest BCUT2D eigenvalue weighted by atomic mass is 35.5. The third kappa shape index (κ3) is 6.66. The van der Waals surface area contributed by atoms with E-state index in [1.54, 1.807) is 18.9 Å². The van der Waals surface area contributed by atoms with Crippen LogP contribution >= 0.6 is 23.4 Å². The van der Waals surface area contributed by atoms with Crippen LogP contribution in [0, 0.1) is 0 Å². The Labute approximate surface area is 211 Å². The Morgan fingerprint density at radius 3 is 2.44 bits per heavy atom. The summed E-state index contributed by atoms with van der Waals surface area (Å²) in [6, 6.07) is 23.8. The maximum atomic E-state index is 13.2. The summed E-state index contributed by atoms with van der Waals surface area (Å²) in [5.41, 5.74) is 2.93. The number of rotatable bonds is 8. The Balaban J connectivity index is 1.33. The molecule has 1 fully saturated rings. The van der Waals surface area contributed by atoms with Crippen molar-refractivity contribution < 1.29 is 9.53 Å². The number of amides is 1. The van der Waals surface area contributed by atoms with E-state index < -0.39 is 0 Å². The van der Waals surface area contributed by atoms with Crippen molar-refractivity contribution in [3.63, 3.8) is 0 Å². The average Bonchev–Trinajstić information content (AvgIpc) is 2.89. The van der Waals surface area contributed by atoms with E-state index in [9.17, 15) is 4.79 Å². The minimum Gasteiger partial charge on any atom is -0.496 e. The molecule has 0 aromatic heterocycles. The molecule has 1 saturated heterocycles. The van der Waals surface area contributed by atoms with E-state index in [1.165, 1.54) is 5.56 Å². The van der Waals surface area contributed by atoms with E-state index >= 15 is 0 Å². The zero-order valence-electron chi connectivity index (χ0n) is 19.3. The third-order valence-electron chi connectivity index (χ3n) is 5.87. The van der Waals surface area contributed by atoms with E-state index in [0.29, 0.717) is 11.3 Å². The number of carbonyl (C=O) groups is 1. The van der Waals surface area contributed by atoms with Crippen LogP contribution in [0.5, 0.6) is 5.75 Å². The number of ether oxygens (including phenoxy) is 1. The second-order valence-electron chi connectivity index (χ2n) is 8.18. The van der Waals surface area contributed by atoms with Crippen molar-refractivity contribution in [1.29, 1.82) is 0 Å². The first kappa shape index (κ1) is 24.4. The molecule has 1 aliphatic rings. The van der Waals surface area contributed by atoms with Crippen LogP contribution in [0.3, 0.4) is 0 Å². The minimum atomic E-state index is 0.0832. The van der Waals surface area contributed by atoms with Crippen LogP contribution < -0.4 is 4.74 Å². The number of thioether (sulfide) groups is 1. The van der Waals surface area contributed by atoms with Gasteiger partial charge < -0.3 is 9.64 Å². The van der Waals surface area contributed by atoms with E-state index in [1.807, 2.05) is 65.6 Å². The van der Waals surface area contributed by atoms with E-state index in [2.05, 4.69) is 29.2 Å². The normalized spacial score (nSPS) is 14.5. The molecular weight excluding hydrogens is 464 g/mol. The second-order valence-corrected chi connectivity index (χ2v) is 9.66. The van der Waals surface area contributed by atoms with E-state index in [-0.39, 0.29) is 5.91 Å². The molecule has 4 nitrogen and oxygen atoms in total. The quantitative estimate of drug-likeness (QED) is 0.355. The Morgan fingerprint density at radius 2 is 1.74 bits per heavy atom. The zero-order valence-corrected chi connectivity index (χ0v) is 20.9. The molecule has 34 heavy (non-hydrogen) atoms. The summed E-state index contributed by atoms with van der Waals surface area (Å²) in [5.74, 6) is 1.60. The molecular formula is C28H29ClN2O2S. The van der Waals surface area contributed by atoms with E-state index in [4.69, 9.17) is 16.3 Å². The third-order valence-corrected chi connectivity index (χ3v) is 7.18. The van der Waals surface area contributed by atoms with Gasteiger partial charge in [-0.05, 0) is 48.0 Å². The molecule has 1 amide bonds. The SMILES string of the molecule is COc1ccc(C(=O)N2CCN(C/C=C/c3ccccc3)CC2)cc1CSc1ccc(Cl)cc1. The van der Waals surface area contributed by atoms with Crippen LogP contribution in [-0.4, -0.2) is 55.5 Å². The van der Waals surface area contributed by atoms with Gasteiger partial charge in [-0.25, -0.2) is 0 Å². The lowest BCUT2D eigenvalue weighted by Crippen LogP contribution is -2.48. The molecule has 0 aliphatic carbocycles. The van der Waals surface area contributed by atoms with Crippen molar-refractivity contribution in [3.05, 3.63) is 101 Å². The van der Waals surface area contributed by atoms with Gasteiger partial charge in [-0.1, -0.05) is 54.1 Å². The molecule has 3 aromatic rings. The van der Waals surface area contributed by atoms with Crippen molar-refractivity contribution in [2.75, 3.05) is 39.8 Å². The van der Waals surface area contributed by atoms with E-state index in [0.717, 1.165) is 54.0 Å². The zero-order chi connectivity index (χ0) is 23.8. The number of piperazine rings is 1. The van der Waals surface area contributed by atoms with Gasteiger partial charge in [0.25, 0.3) is 5.91 Å². The fourth-order valence-corrected chi connectivity index (χ4v) is 4.94. The molecule has 0 spiro atoms. The molecule has 0 radical (unpaired) electrons. The average molecular weight is 493 g/mol. The molecule has 6 heteroatoms. The first-order valence-corrected chi connectivity index (χ1v) is 12.8. The standard InChI is InChI=1S/C28H29ClN2O2S/c1-33-27-14-9-23(20-24(27)21-34-26-12-10-25(29)11-13-26)28(32)31-18-16-30(17-19-31)15-5-8-22-6-3-2-4-7-22/h2-14,20H,15-19,21H2,1H3/b8-5+. The number of hydrogen-bond acceptors (Lipinski definition) is 4. The van der Waals surface area contributed by atoms with Gasteiger partial charge in [-0.15, -0.1) is 11.8 Å². The summed E-state index contributed by atoms with van der Waals surface area (Å²) in [7, 11) is 1.67.